The van der Waals surface area contributed by atoms with E-state index in [1.54, 1.807) is 13.3 Å². The van der Waals surface area contributed by atoms with Crippen molar-refractivity contribution in [3.05, 3.63) is 57.9 Å². The number of ether oxygens (including phenoxy) is 1. The fourth-order valence-electron chi connectivity index (χ4n) is 2.77. The molecule has 1 N–H and O–H groups in total. The molecule has 2 aromatic rings. The molecule has 1 aromatic carbocycles. The molecule has 5 heteroatoms. The number of halogens is 1. The Kier molecular flexibility index (Phi) is 4.64. The highest BCUT2D eigenvalue weighted by Gasteiger charge is 2.21. The van der Waals surface area contributed by atoms with Crippen molar-refractivity contribution < 1.29 is 4.74 Å². The summed E-state index contributed by atoms with van der Waals surface area (Å²) in [7, 11) is 1.69. The van der Waals surface area contributed by atoms with Crippen LogP contribution in [-0.2, 0) is 11.2 Å². The molecule has 1 unspecified atom stereocenters. The molecule has 0 radical (unpaired) electrons. The van der Waals surface area contributed by atoms with E-state index in [9.17, 15) is 0 Å². The third-order valence-electron chi connectivity index (χ3n) is 4.11. The second-order valence-electron chi connectivity index (χ2n) is 5.64. The van der Waals surface area contributed by atoms with E-state index in [2.05, 4.69) is 47.3 Å². The van der Waals surface area contributed by atoms with E-state index >= 15 is 0 Å². The van der Waals surface area contributed by atoms with Crippen LogP contribution in [0.5, 0.6) is 0 Å². The Morgan fingerprint density at radius 3 is 2.83 bits per heavy atom. The first kappa shape index (κ1) is 16.0. The van der Waals surface area contributed by atoms with Crippen LogP contribution in [0.2, 0.25) is 5.15 Å². The monoisotopic (exact) mass is 329 g/mol. The third-order valence-corrected chi connectivity index (χ3v) is 4.44. The molecule has 2 heterocycles. The molecule has 0 saturated carbocycles. The largest absolute Gasteiger partial charge is 0.355 e. The summed E-state index contributed by atoms with van der Waals surface area (Å²) >= 11 is 6.25. The Morgan fingerprint density at radius 1 is 1.30 bits per heavy atom. The Morgan fingerprint density at radius 2 is 2.13 bits per heavy atom. The lowest BCUT2D eigenvalue weighted by atomic mass is 9.99. The second-order valence-corrected chi connectivity index (χ2v) is 6.00. The average molecular weight is 330 g/mol. The van der Waals surface area contributed by atoms with Crippen LogP contribution in [0.25, 0.3) is 0 Å². The molecule has 1 aliphatic heterocycles. The minimum Gasteiger partial charge on any atom is -0.355 e. The molecule has 3 rings (SSSR count). The van der Waals surface area contributed by atoms with Crippen LogP contribution in [0.15, 0.2) is 35.5 Å². The molecule has 0 amide bonds. The number of benzene rings is 1. The van der Waals surface area contributed by atoms with Crippen molar-refractivity contribution >= 4 is 23.1 Å². The zero-order valence-electron chi connectivity index (χ0n) is 13.6. The number of aryl methyl sites for hydroxylation is 1. The van der Waals surface area contributed by atoms with Crippen molar-refractivity contribution in [2.24, 2.45) is 4.99 Å². The van der Waals surface area contributed by atoms with Gasteiger partial charge in [0, 0.05) is 37.4 Å². The van der Waals surface area contributed by atoms with Gasteiger partial charge in [-0.2, -0.15) is 0 Å². The van der Waals surface area contributed by atoms with E-state index in [1.807, 2.05) is 6.07 Å². The summed E-state index contributed by atoms with van der Waals surface area (Å²) in [6.45, 7) is 4.13. The fourth-order valence-corrected chi connectivity index (χ4v) is 3.04. The number of hydrogen-bond acceptors (Lipinski definition) is 4. The summed E-state index contributed by atoms with van der Waals surface area (Å²) < 4.78 is 5.54. The topological polar surface area (TPSA) is 46.5 Å². The summed E-state index contributed by atoms with van der Waals surface area (Å²) in [5.41, 5.74) is 5.49. The van der Waals surface area contributed by atoms with Crippen LogP contribution in [0, 0.1) is 6.92 Å². The van der Waals surface area contributed by atoms with Crippen molar-refractivity contribution in [3.63, 3.8) is 0 Å². The molecular weight excluding hydrogens is 310 g/mol. The van der Waals surface area contributed by atoms with E-state index < -0.39 is 0 Å². The number of nitrogens with zero attached hydrogens (tertiary/aromatic N) is 2. The standard InChI is InChI=1S/C18H20ClN3O/c1-4-16-21-15-6-5-12(10-14(15)18(22-16)23-3)9-13-11(2)7-8-20-17(13)19/h5-8,10,18H,4,9H2,1-3H3,(H,21,22). The lowest BCUT2D eigenvalue weighted by molar-refractivity contribution is 0.111. The number of aliphatic imine (C=N–C) groups is 1. The normalized spacial score (nSPS) is 16.5. The summed E-state index contributed by atoms with van der Waals surface area (Å²) in [6.07, 6.45) is 3.07. The average Bonchev–Trinajstić information content (AvgIpc) is 2.57. The van der Waals surface area contributed by atoms with Gasteiger partial charge < -0.3 is 10.1 Å². The maximum absolute atomic E-state index is 6.25. The van der Waals surface area contributed by atoms with Crippen molar-refractivity contribution in [1.82, 2.24) is 4.98 Å². The highest BCUT2D eigenvalue weighted by atomic mass is 35.5. The minimum absolute atomic E-state index is 0.258. The van der Waals surface area contributed by atoms with Gasteiger partial charge in [0.2, 0.25) is 0 Å². The molecule has 0 spiro atoms. The molecule has 0 bridgehead atoms. The minimum atomic E-state index is -0.258. The smallest absolute Gasteiger partial charge is 0.177 e. The molecule has 1 atom stereocenters. The Bertz CT molecular complexity index is 738. The summed E-state index contributed by atoms with van der Waals surface area (Å²) in [5.74, 6) is 0.947. The van der Waals surface area contributed by atoms with Gasteiger partial charge in [0.05, 0.1) is 0 Å². The summed E-state index contributed by atoms with van der Waals surface area (Å²) in [6, 6.07) is 8.31. The number of anilines is 1. The van der Waals surface area contributed by atoms with Gasteiger partial charge >= 0.3 is 0 Å². The van der Waals surface area contributed by atoms with Crippen molar-refractivity contribution in [1.29, 1.82) is 0 Å². The van der Waals surface area contributed by atoms with E-state index in [4.69, 9.17) is 16.3 Å². The van der Waals surface area contributed by atoms with Gasteiger partial charge in [-0.1, -0.05) is 24.6 Å². The number of fused-ring (bicyclic) bond motifs is 1. The van der Waals surface area contributed by atoms with E-state index in [0.717, 1.165) is 41.1 Å². The van der Waals surface area contributed by atoms with Gasteiger partial charge in [0.25, 0.3) is 0 Å². The first-order valence-electron chi connectivity index (χ1n) is 7.71. The molecule has 1 aromatic heterocycles. The third kappa shape index (κ3) is 3.23. The molecule has 0 saturated heterocycles. The highest BCUT2D eigenvalue weighted by molar-refractivity contribution is 6.30. The lowest BCUT2D eigenvalue weighted by Gasteiger charge is -2.24. The van der Waals surface area contributed by atoms with Gasteiger partial charge in [-0.15, -0.1) is 0 Å². The predicted octanol–water partition coefficient (Wildman–Crippen LogP) is 4.51. The molecule has 0 aliphatic carbocycles. The SMILES string of the molecule is CCC1=NC(OC)c2cc(Cc3c(C)ccnc3Cl)ccc2N1. The number of hydrogen-bond donors (Lipinski definition) is 1. The number of amidine groups is 1. The predicted molar refractivity (Wildman–Crippen MR) is 94.3 cm³/mol. The Labute approximate surface area is 141 Å². The molecule has 120 valence electrons. The van der Waals surface area contributed by atoms with Crippen molar-refractivity contribution in [2.75, 3.05) is 12.4 Å². The Balaban J connectivity index is 1.94. The van der Waals surface area contributed by atoms with Gasteiger partial charge in [-0.25, -0.2) is 9.98 Å². The molecule has 0 fully saturated rings. The second kappa shape index (κ2) is 6.69. The van der Waals surface area contributed by atoms with E-state index in [1.165, 1.54) is 5.56 Å². The molecular formula is C18H20ClN3O. The number of rotatable bonds is 4. The summed E-state index contributed by atoms with van der Waals surface area (Å²) in [5, 5.41) is 3.92. The number of pyridine rings is 1. The number of nitrogens with one attached hydrogen (secondary N) is 1. The van der Waals surface area contributed by atoms with E-state index in [-0.39, 0.29) is 6.23 Å². The fraction of sp³-hybridized carbons (Fsp3) is 0.333. The van der Waals surface area contributed by atoms with Crippen molar-refractivity contribution in [3.8, 4) is 0 Å². The first-order chi connectivity index (χ1) is 11.1. The van der Waals surface area contributed by atoms with Crippen LogP contribution < -0.4 is 5.32 Å². The van der Waals surface area contributed by atoms with Crippen molar-refractivity contribution in [2.45, 2.75) is 32.9 Å². The van der Waals surface area contributed by atoms with Crippen LogP contribution in [0.4, 0.5) is 5.69 Å². The van der Waals surface area contributed by atoms with E-state index in [0.29, 0.717) is 5.15 Å². The molecule has 1 aliphatic rings. The maximum atomic E-state index is 6.25. The lowest BCUT2D eigenvalue weighted by Crippen LogP contribution is -2.20. The van der Waals surface area contributed by atoms with Gasteiger partial charge in [-0.05, 0) is 41.8 Å². The van der Waals surface area contributed by atoms with Gasteiger partial charge in [0.1, 0.15) is 11.0 Å². The van der Waals surface area contributed by atoms with Crippen LogP contribution in [-0.4, -0.2) is 17.9 Å². The Hall–Kier alpha value is -1.91. The number of aromatic nitrogens is 1. The zero-order chi connectivity index (χ0) is 16.4. The van der Waals surface area contributed by atoms with Gasteiger partial charge in [0.15, 0.2) is 6.23 Å². The molecule has 23 heavy (non-hydrogen) atoms. The molecule has 4 nitrogen and oxygen atoms in total. The quantitative estimate of drug-likeness (QED) is 0.839. The van der Waals surface area contributed by atoms with Gasteiger partial charge in [-0.3, -0.25) is 0 Å². The number of methoxy groups -OCH3 is 1. The van der Waals surface area contributed by atoms with Crippen LogP contribution in [0.1, 0.15) is 41.8 Å². The maximum Gasteiger partial charge on any atom is 0.177 e. The van der Waals surface area contributed by atoms with Crippen LogP contribution in [0.3, 0.4) is 0 Å². The van der Waals surface area contributed by atoms with Crippen LogP contribution >= 0.6 is 11.6 Å². The zero-order valence-corrected chi connectivity index (χ0v) is 14.3. The first-order valence-corrected chi connectivity index (χ1v) is 8.09. The highest BCUT2D eigenvalue weighted by Crippen LogP contribution is 2.33. The summed E-state index contributed by atoms with van der Waals surface area (Å²) in [4.78, 5) is 8.77.